The number of para-hydroxylation sites is 2. The van der Waals surface area contributed by atoms with E-state index in [1.165, 1.54) is 9.40 Å². The second kappa shape index (κ2) is 6.13. The summed E-state index contributed by atoms with van der Waals surface area (Å²) in [5, 5.41) is 0. The number of nitrogens with zero attached hydrogens (tertiary/aromatic N) is 2. The lowest BCUT2D eigenvalue weighted by molar-refractivity contribution is 1.31. The maximum Gasteiger partial charge on any atom is 0.148 e. The van der Waals surface area contributed by atoms with Crippen LogP contribution >= 0.6 is 47.9 Å². The fourth-order valence-corrected chi connectivity index (χ4v) is 3.94. The Morgan fingerprint density at radius 1 is 0.650 bits per heavy atom. The fraction of sp³-hybridized carbons (Fsp3) is 0. The van der Waals surface area contributed by atoms with Gasteiger partial charge in [0.15, 0.2) is 0 Å². The Morgan fingerprint density at radius 2 is 1.05 bits per heavy atom. The molecule has 0 bridgehead atoms. The summed E-state index contributed by atoms with van der Waals surface area (Å²) >= 11 is 11.5. The third-order valence-corrected chi connectivity index (χ3v) is 4.99. The van der Waals surface area contributed by atoms with Gasteiger partial charge in [0.05, 0.1) is 20.4 Å². The van der Waals surface area contributed by atoms with E-state index in [1.54, 1.807) is 22.7 Å². The van der Waals surface area contributed by atoms with Crippen LogP contribution in [0.1, 0.15) is 0 Å². The minimum absolute atomic E-state index is 0.834. The molecular weight excluding hydrogens is 324 g/mol. The minimum atomic E-state index is 0.834. The summed E-state index contributed by atoms with van der Waals surface area (Å²) in [6.45, 7) is 0. The van der Waals surface area contributed by atoms with Gasteiger partial charge < -0.3 is 0 Å². The van der Waals surface area contributed by atoms with Crippen LogP contribution in [0.5, 0.6) is 0 Å². The van der Waals surface area contributed by atoms with Crippen molar-refractivity contribution in [2.45, 2.75) is 8.68 Å². The maximum absolute atomic E-state index is 4.20. The third kappa shape index (κ3) is 3.15. The van der Waals surface area contributed by atoms with Crippen molar-refractivity contribution >= 4 is 68.4 Å². The molecule has 2 heterocycles. The van der Waals surface area contributed by atoms with Crippen LogP contribution in [0.25, 0.3) is 20.4 Å². The molecule has 0 atom stereocenters. The number of thiazole rings is 2. The summed E-state index contributed by atoms with van der Waals surface area (Å²) in [6.07, 6.45) is 0. The molecule has 0 radical (unpaired) electrons. The molecule has 20 heavy (non-hydrogen) atoms. The van der Waals surface area contributed by atoms with E-state index in [-0.39, 0.29) is 0 Å². The van der Waals surface area contributed by atoms with E-state index in [4.69, 9.17) is 0 Å². The normalized spacial score (nSPS) is 10.5. The molecule has 0 saturated heterocycles. The molecule has 0 unspecified atom stereocenters. The quantitative estimate of drug-likeness (QED) is 0.434. The Kier molecular flexibility index (Phi) is 4.26. The molecule has 6 heteroatoms. The van der Waals surface area contributed by atoms with Gasteiger partial charge in [-0.05, 0) is 24.3 Å². The molecule has 2 aromatic carbocycles. The van der Waals surface area contributed by atoms with Crippen molar-refractivity contribution in [3.8, 4) is 0 Å². The highest BCUT2D eigenvalue weighted by atomic mass is 32.2. The second-order valence-electron chi connectivity index (χ2n) is 3.93. The highest BCUT2D eigenvalue weighted by Gasteiger charge is 1.97. The first-order valence-electron chi connectivity index (χ1n) is 5.81. The van der Waals surface area contributed by atoms with Gasteiger partial charge in [0.1, 0.15) is 8.68 Å². The van der Waals surface area contributed by atoms with Crippen LogP contribution in [0.2, 0.25) is 0 Å². The number of aromatic nitrogens is 2. The van der Waals surface area contributed by atoms with Gasteiger partial charge in [0.2, 0.25) is 0 Å². The summed E-state index contributed by atoms with van der Waals surface area (Å²) in [4.78, 5) is 8.39. The van der Waals surface area contributed by atoms with E-state index in [2.05, 4.69) is 35.2 Å². The highest BCUT2D eigenvalue weighted by Crippen LogP contribution is 2.24. The predicted octanol–water partition coefficient (Wildman–Crippen LogP) is 5.17. The number of hydrogen-bond acceptors (Lipinski definition) is 6. The lowest BCUT2D eigenvalue weighted by Gasteiger charge is -1.80. The van der Waals surface area contributed by atoms with Gasteiger partial charge in [-0.3, -0.25) is 0 Å². The summed E-state index contributed by atoms with van der Waals surface area (Å²) < 4.78 is 4.07. The van der Waals surface area contributed by atoms with Gasteiger partial charge in [-0.2, -0.15) is 0 Å². The van der Waals surface area contributed by atoms with E-state index in [1.807, 2.05) is 48.5 Å². The van der Waals surface area contributed by atoms with Crippen LogP contribution in [0.3, 0.4) is 0 Å². The Labute approximate surface area is 135 Å². The zero-order chi connectivity index (χ0) is 13.9. The smallest absolute Gasteiger partial charge is 0.148 e. The Morgan fingerprint density at radius 3 is 1.45 bits per heavy atom. The van der Waals surface area contributed by atoms with Gasteiger partial charge in [-0.15, -0.1) is 47.9 Å². The molecule has 0 spiro atoms. The van der Waals surface area contributed by atoms with Gasteiger partial charge in [0, 0.05) is 0 Å². The van der Waals surface area contributed by atoms with Crippen molar-refractivity contribution in [1.29, 1.82) is 0 Å². The first kappa shape index (κ1) is 13.9. The lowest BCUT2D eigenvalue weighted by Crippen LogP contribution is -1.63. The molecule has 0 N–H and O–H groups in total. The molecule has 0 aliphatic rings. The second-order valence-corrected chi connectivity index (χ2v) is 7.44. The van der Waals surface area contributed by atoms with Crippen LogP contribution in [-0.2, 0) is 0 Å². The molecule has 2 nitrogen and oxygen atoms in total. The molecule has 2 aromatic heterocycles. The zero-order valence-electron chi connectivity index (χ0n) is 10.2. The molecule has 0 amide bonds. The summed E-state index contributed by atoms with van der Waals surface area (Å²) in [5.74, 6) is 0. The number of thiol groups is 2. The van der Waals surface area contributed by atoms with E-state index in [0.717, 1.165) is 19.7 Å². The first-order chi connectivity index (χ1) is 9.72. The van der Waals surface area contributed by atoms with E-state index < -0.39 is 0 Å². The van der Waals surface area contributed by atoms with Crippen LogP contribution in [0.15, 0.2) is 57.2 Å². The topological polar surface area (TPSA) is 25.8 Å². The summed E-state index contributed by atoms with van der Waals surface area (Å²) in [6, 6.07) is 16.1. The van der Waals surface area contributed by atoms with Crippen LogP contribution in [0, 0.1) is 0 Å². The fourth-order valence-electron chi connectivity index (χ4n) is 1.72. The van der Waals surface area contributed by atoms with Crippen molar-refractivity contribution < 1.29 is 0 Å². The molecular formula is C14H10N2S4. The van der Waals surface area contributed by atoms with Gasteiger partial charge in [0.25, 0.3) is 0 Å². The average molecular weight is 335 g/mol. The standard InChI is InChI=1S/2C7H5NS2/c2*9-7-8-5-3-1-2-4-6(5)10-7/h2*1-4H,(H,8,9). The molecule has 0 aliphatic carbocycles. The minimum Gasteiger partial charge on any atom is -0.230 e. The number of hydrogen-bond donors (Lipinski definition) is 2. The molecule has 0 fully saturated rings. The van der Waals surface area contributed by atoms with Crippen molar-refractivity contribution in [3.05, 3.63) is 48.5 Å². The van der Waals surface area contributed by atoms with Crippen molar-refractivity contribution in [3.63, 3.8) is 0 Å². The van der Waals surface area contributed by atoms with Gasteiger partial charge >= 0.3 is 0 Å². The van der Waals surface area contributed by atoms with E-state index in [0.29, 0.717) is 0 Å². The van der Waals surface area contributed by atoms with Crippen molar-refractivity contribution in [1.82, 2.24) is 9.97 Å². The lowest BCUT2D eigenvalue weighted by atomic mass is 10.3. The monoisotopic (exact) mass is 334 g/mol. The van der Waals surface area contributed by atoms with Crippen LogP contribution in [-0.4, -0.2) is 9.97 Å². The number of benzene rings is 2. The largest absolute Gasteiger partial charge is 0.230 e. The highest BCUT2D eigenvalue weighted by molar-refractivity contribution is 7.83. The molecule has 0 aliphatic heterocycles. The van der Waals surface area contributed by atoms with E-state index in [9.17, 15) is 0 Å². The Balaban J connectivity index is 0.000000121. The number of fused-ring (bicyclic) bond motifs is 2. The summed E-state index contributed by atoms with van der Waals surface area (Å²) in [7, 11) is 0. The molecule has 4 rings (SSSR count). The molecule has 4 aromatic rings. The van der Waals surface area contributed by atoms with Crippen LogP contribution in [0.4, 0.5) is 0 Å². The average Bonchev–Trinajstić information content (AvgIpc) is 2.99. The molecule has 0 saturated carbocycles. The first-order valence-corrected chi connectivity index (χ1v) is 8.34. The van der Waals surface area contributed by atoms with Crippen LogP contribution < -0.4 is 0 Å². The van der Waals surface area contributed by atoms with E-state index >= 15 is 0 Å². The van der Waals surface area contributed by atoms with Crippen molar-refractivity contribution in [2.24, 2.45) is 0 Å². The Bertz CT molecular complexity index is 712. The zero-order valence-corrected chi connectivity index (χ0v) is 13.6. The maximum atomic E-state index is 4.20. The predicted molar refractivity (Wildman–Crippen MR) is 93.7 cm³/mol. The van der Waals surface area contributed by atoms with Crippen molar-refractivity contribution in [2.75, 3.05) is 0 Å². The van der Waals surface area contributed by atoms with Gasteiger partial charge in [-0.1, -0.05) is 24.3 Å². The summed E-state index contributed by atoms with van der Waals surface area (Å²) in [5.41, 5.74) is 2.08. The SMILES string of the molecule is Sc1nc2ccccc2s1.Sc1nc2ccccc2s1. The van der Waals surface area contributed by atoms with Gasteiger partial charge in [-0.25, -0.2) is 9.97 Å². The number of rotatable bonds is 0. The third-order valence-electron chi connectivity index (χ3n) is 2.57. The molecule has 100 valence electrons. The Hall–Kier alpha value is -1.08.